The van der Waals surface area contributed by atoms with Crippen molar-refractivity contribution in [3.8, 4) is 44.5 Å². The van der Waals surface area contributed by atoms with Crippen LogP contribution >= 0.6 is 0 Å². The summed E-state index contributed by atoms with van der Waals surface area (Å²) in [6.07, 6.45) is 4.41. The standard InChI is InChI=1S/4C13H10.H3N/c4*1-3-7-12-10(5-1)9-11-6-2-4-8-13(11)12;/h4*1-8H,9H2;1H3. The third kappa shape index (κ3) is 6.76. The van der Waals surface area contributed by atoms with Gasteiger partial charge in [0.05, 0.1) is 0 Å². The smallest absolute Gasteiger partial charge is 0.00135 e. The summed E-state index contributed by atoms with van der Waals surface area (Å²) in [6, 6.07) is 69.2. The number of rotatable bonds is 0. The first-order valence-electron chi connectivity index (χ1n) is 18.4. The van der Waals surface area contributed by atoms with Gasteiger partial charge >= 0.3 is 0 Å². The lowest BCUT2D eigenvalue weighted by Gasteiger charge is -1.98. The molecule has 8 aromatic carbocycles. The predicted molar refractivity (Wildman–Crippen MR) is 224 cm³/mol. The lowest BCUT2D eigenvalue weighted by Crippen LogP contribution is -1.77. The molecule has 1 nitrogen and oxygen atoms in total. The Bertz CT molecular complexity index is 2010. The van der Waals surface area contributed by atoms with Gasteiger partial charge in [0.15, 0.2) is 0 Å². The molecule has 3 N–H and O–H groups in total. The van der Waals surface area contributed by atoms with E-state index in [0.29, 0.717) is 0 Å². The molecule has 0 bridgehead atoms. The van der Waals surface area contributed by atoms with E-state index < -0.39 is 0 Å². The van der Waals surface area contributed by atoms with Crippen LogP contribution in [0.5, 0.6) is 0 Å². The van der Waals surface area contributed by atoms with Crippen LogP contribution in [0.25, 0.3) is 44.5 Å². The Morgan fingerprint density at radius 3 is 0.415 bits per heavy atom. The molecule has 0 unspecified atom stereocenters. The van der Waals surface area contributed by atoms with Gasteiger partial charge in [0.1, 0.15) is 0 Å². The predicted octanol–water partition coefficient (Wildman–Crippen LogP) is 13.2. The molecule has 256 valence electrons. The zero-order chi connectivity index (χ0) is 34.7. The van der Waals surface area contributed by atoms with Gasteiger partial charge in [0.25, 0.3) is 0 Å². The van der Waals surface area contributed by atoms with Crippen molar-refractivity contribution in [2.45, 2.75) is 25.7 Å². The third-order valence-electron chi connectivity index (χ3n) is 10.8. The van der Waals surface area contributed by atoms with Crippen LogP contribution in [-0.2, 0) is 25.7 Å². The van der Waals surface area contributed by atoms with E-state index in [9.17, 15) is 0 Å². The van der Waals surface area contributed by atoms with Crippen molar-refractivity contribution < 1.29 is 0 Å². The summed E-state index contributed by atoms with van der Waals surface area (Å²) in [5, 5.41) is 0. The quantitative estimate of drug-likeness (QED) is 0.170. The average Bonchev–Trinajstić information content (AvgIpc) is 3.98. The summed E-state index contributed by atoms with van der Waals surface area (Å²) < 4.78 is 0. The van der Waals surface area contributed by atoms with Gasteiger partial charge in [0.2, 0.25) is 0 Å². The molecule has 0 heterocycles. The van der Waals surface area contributed by atoms with Crippen LogP contribution in [0.3, 0.4) is 0 Å². The van der Waals surface area contributed by atoms with Gasteiger partial charge in [-0.1, -0.05) is 194 Å². The van der Waals surface area contributed by atoms with E-state index in [2.05, 4.69) is 194 Å². The minimum Gasteiger partial charge on any atom is -0.344 e. The van der Waals surface area contributed by atoms with Crippen LogP contribution < -0.4 is 6.15 Å². The second-order valence-corrected chi connectivity index (χ2v) is 14.0. The van der Waals surface area contributed by atoms with Crippen molar-refractivity contribution in [2.24, 2.45) is 0 Å². The molecule has 4 aliphatic carbocycles. The van der Waals surface area contributed by atoms with Crippen LogP contribution in [0.2, 0.25) is 0 Å². The highest BCUT2D eigenvalue weighted by Crippen LogP contribution is 2.38. The lowest BCUT2D eigenvalue weighted by molar-refractivity contribution is 1.26. The van der Waals surface area contributed by atoms with Crippen LogP contribution in [0, 0.1) is 0 Å². The zero-order valence-corrected chi connectivity index (χ0v) is 30.0. The molecule has 0 atom stereocenters. The maximum atomic E-state index is 2.22. The minimum atomic E-state index is 0. The maximum absolute atomic E-state index is 2.22. The molecule has 53 heavy (non-hydrogen) atoms. The number of fused-ring (bicyclic) bond motifs is 12. The molecule has 1 heteroatoms. The summed E-state index contributed by atoms with van der Waals surface area (Å²) >= 11 is 0. The molecule has 4 aliphatic rings. The SMILES string of the molecule is N.c1ccc2c(c1)Cc1ccccc1-2.c1ccc2c(c1)Cc1ccccc1-2.c1ccc2c(c1)Cc1ccccc1-2.c1ccc2c(c1)Cc1ccccc1-2. The van der Waals surface area contributed by atoms with E-state index in [-0.39, 0.29) is 6.15 Å². The first kappa shape index (κ1) is 33.8. The summed E-state index contributed by atoms with van der Waals surface area (Å²) in [4.78, 5) is 0. The summed E-state index contributed by atoms with van der Waals surface area (Å²) in [5.41, 5.74) is 23.0. The van der Waals surface area contributed by atoms with Crippen molar-refractivity contribution in [3.63, 3.8) is 0 Å². The van der Waals surface area contributed by atoms with Crippen molar-refractivity contribution in [1.29, 1.82) is 0 Å². The van der Waals surface area contributed by atoms with E-state index in [0.717, 1.165) is 25.7 Å². The topological polar surface area (TPSA) is 35.0 Å². The van der Waals surface area contributed by atoms with Gasteiger partial charge in [-0.05, 0) is 115 Å². The highest BCUT2D eigenvalue weighted by molar-refractivity contribution is 5.79. The zero-order valence-electron chi connectivity index (χ0n) is 30.0. The van der Waals surface area contributed by atoms with Gasteiger partial charge in [-0.3, -0.25) is 0 Å². The maximum Gasteiger partial charge on any atom is -0.00135 e. The van der Waals surface area contributed by atoms with Gasteiger partial charge < -0.3 is 6.15 Å². The molecule has 0 aliphatic heterocycles. The molecular formula is C52H43N. The molecule has 0 saturated carbocycles. The Balaban J connectivity index is 0.0000001000. The molecule has 0 radical (unpaired) electrons. The first-order chi connectivity index (χ1) is 25.8. The van der Waals surface area contributed by atoms with Crippen molar-refractivity contribution >= 4 is 0 Å². The molecule has 0 spiro atoms. The van der Waals surface area contributed by atoms with E-state index in [1.54, 1.807) is 0 Å². The van der Waals surface area contributed by atoms with Gasteiger partial charge in [-0.25, -0.2) is 0 Å². The molecule has 0 fully saturated rings. The molecule has 12 rings (SSSR count). The van der Waals surface area contributed by atoms with Crippen molar-refractivity contribution in [1.82, 2.24) is 6.15 Å². The average molecular weight is 682 g/mol. The monoisotopic (exact) mass is 681 g/mol. The van der Waals surface area contributed by atoms with Gasteiger partial charge in [-0.15, -0.1) is 0 Å². The molecule has 0 amide bonds. The number of hydrogen-bond donors (Lipinski definition) is 1. The lowest BCUT2D eigenvalue weighted by atomic mass is 10.1. The third-order valence-corrected chi connectivity index (χ3v) is 10.8. The van der Waals surface area contributed by atoms with Crippen LogP contribution in [0.4, 0.5) is 0 Å². The fourth-order valence-electron chi connectivity index (χ4n) is 8.32. The first-order valence-corrected chi connectivity index (χ1v) is 18.4. The Hall–Kier alpha value is -6.28. The second-order valence-electron chi connectivity index (χ2n) is 14.0. The summed E-state index contributed by atoms with van der Waals surface area (Å²) in [6.45, 7) is 0. The van der Waals surface area contributed by atoms with Crippen LogP contribution in [0.15, 0.2) is 194 Å². The van der Waals surface area contributed by atoms with Crippen LogP contribution in [-0.4, -0.2) is 0 Å². The van der Waals surface area contributed by atoms with Crippen LogP contribution in [0.1, 0.15) is 44.5 Å². The largest absolute Gasteiger partial charge is 0.344 e. The Morgan fingerprint density at radius 1 is 0.170 bits per heavy atom. The van der Waals surface area contributed by atoms with Gasteiger partial charge in [0, 0.05) is 0 Å². The van der Waals surface area contributed by atoms with E-state index in [1.165, 1.54) is 89.0 Å². The highest BCUT2D eigenvalue weighted by Gasteiger charge is 2.18. The van der Waals surface area contributed by atoms with Gasteiger partial charge in [-0.2, -0.15) is 0 Å². The fourth-order valence-corrected chi connectivity index (χ4v) is 8.32. The molecule has 8 aromatic rings. The normalized spacial score (nSPS) is 12.1. The van der Waals surface area contributed by atoms with E-state index in [1.807, 2.05) is 0 Å². The Morgan fingerprint density at radius 2 is 0.283 bits per heavy atom. The summed E-state index contributed by atoms with van der Waals surface area (Å²) in [7, 11) is 0. The van der Waals surface area contributed by atoms with Crippen molar-refractivity contribution in [3.05, 3.63) is 239 Å². The molecule has 0 saturated heterocycles. The van der Waals surface area contributed by atoms with Crippen molar-refractivity contribution in [2.75, 3.05) is 0 Å². The Kier molecular flexibility index (Phi) is 9.67. The number of benzene rings is 8. The molecular weight excluding hydrogens is 639 g/mol. The fraction of sp³-hybridized carbons (Fsp3) is 0.0769. The molecule has 0 aromatic heterocycles. The van der Waals surface area contributed by atoms with E-state index in [4.69, 9.17) is 0 Å². The van der Waals surface area contributed by atoms with E-state index >= 15 is 0 Å². The number of hydrogen-bond acceptors (Lipinski definition) is 1. The summed E-state index contributed by atoms with van der Waals surface area (Å²) in [5.74, 6) is 0. The minimum absolute atomic E-state index is 0. The Labute approximate surface area is 313 Å². The second kappa shape index (κ2) is 15.1. The highest BCUT2D eigenvalue weighted by atomic mass is 14.2.